The molecule has 1 saturated carbocycles. The second-order valence-corrected chi connectivity index (χ2v) is 8.48. The molecule has 6 heteroatoms. The fourth-order valence-electron chi connectivity index (χ4n) is 3.74. The number of piperidine rings is 1. The van der Waals surface area contributed by atoms with Crippen LogP contribution >= 0.6 is 0 Å². The smallest absolute Gasteiger partial charge is 0.217 e. The second-order valence-electron chi connectivity index (χ2n) is 6.36. The molecular weight excluding hydrogens is 288 g/mol. The molecule has 0 aromatic carbocycles. The lowest BCUT2D eigenvalue weighted by atomic mass is 10.0. The molecule has 3 fully saturated rings. The van der Waals surface area contributed by atoms with Gasteiger partial charge in [-0.05, 0) is 37.8 Å². The van der Waals surface area contributed by atoms with Gasteiger partial charge in [0.15, 0.2) is 0 Å². The zero-order chi connectivity index (χ0) is 14.4. The van der Waals surface area contributed by atoms with Gasteiger partial charge in [-0.15, -0.1) is 0 Å². The maximum Gasteiger partial charge on any atom is 0.217 e. The van der Waals surface area contributed by atoms with Crippen LogP contribution in [0.4, 0.5) is 0 Å². The van der Waals surface area contributed by atoms with Gasteiger partial charge in [0.1, 0.15) is 11.9 Å². The molecule has 2 bridgehead atoms. The van der Waals surface area contributed by atoms with Crippen LogP contribution in [0, 0.1) is 0 Å². The van der Waals surface area contributed by atoms with E-state index in [1.807, 2.05) is 16.4 Å². The molecule has 0 N–H and O–H groups in total. The highest BCUT2D eigenvalue weighted by atomic mass is 32.2. The Hall–Kier alpha value is -1.14. The van der Waals surface area contributed by atoms with E-state index in [4.69, 9.17) is 4.74 Å². The molecule has 21 heavy (non-hydrogen) atoms. The molecule has 3 heterocycles. The number of rotatable bonds is 4. The Kier molecular flexibility index (Phi) is 3.19. The van der Waals surface area contributed by atoms with Gasteiger partial charge in [-0.25, -0.2) is 8.42 Å². The van der Waals surface area contributed by atoms with Crippen molar-refractivity contribution in [2.24, 2.45) is 0 Å². The predicted molar refractivity (Wildman–Crippen MR) is 78.5 cm³/mol. The van der Waals surface area contributed by atoms with Gasteiger partial charge in [0.05, 0.1) is 11.4 Å². The minimum atomic E-state index is -3.06. The van der Waals surface area contributed by atoms with Crippen LogP contribution in [0.5, 0.6) is 5.75 Å². The Morgan fingerprint density at radius 3 is 2.43 bits per heavy atom. The van der Waals surface area contributed by atoms with E-state index in [2.05, 4.69) is 4.98 Å². The maximum absolute atomic E-state index is 12.5. The van der Waals surface area contributed by atoms with Crippen LogP contribution in [0.25, 0.3) is 0 Å². The van der Waals surface area contributed by atoms with Gasteiger partial charge >= 0.3 is 0 Å². The second kappa shape index (κ2) is 4.95. The largest absolute Gasteiger partial charge is 0.489 e. The molecule has 1 aromatic heterocycles. The zero-order valence-corrected chi connectivity index (χ0v) is 12.7. The first-order valence-corrected chi connectivity index (χ1v) is 9.24. The van der Waals surface area contributed by atoms with Crippen LogP contribution in [0.1, 0.15) is 38.5 Å². The van der Waals surface area contributed by atoms with Gasteiger partial charge in [0.2, 0.25) is 10.0 Å². The molecule has 5 nitrogen and oxygen atoms in total. The number of ether oxygens (including phenoxy) is 1. The summed E-state index contributed by atoms with van der Waals surface area (Å²) in [5.41, 5.74) is 0. The van der Waals surface area contributed by atoms with E-state index in [0.717, 1.165) is 44.3 Å². The maximum atomic E-state index is 12.5. The molecule has 2 saturated heterocycles. The van der Waals surface area contributed by atoms with E-state index in [1.54, 1.807) is 12.4 Å². The van der Waals surface area contributed by atoms with Crippen molar-refractivity contribution in [1.82, 2.24) is 9.29 Å². The number of aromatic nitrogens is 1. The number of hydrogen-bond donors (Lipinski definition) is 0. The molecule has 0 radical (unpaired) electrons. The molecule has 0 amide bonds. The van der Waals surface area contributed by atoms with Crippen molar-refractivity contribution in [2.45, 2.75) is 62.0 Å². The SMILES string of the molecule is O=S(=O)(C1CC1)N1C2CCC1CC(Oc1cccnc1)C2. The summed E-state index contributed by atoms with van der Waals surface area (Å²) >= 11 is 0. The molecule has 3 aliphatic rings. The monoisotopic (exact) mass is 308 g/mol. The summed E-state index contributed by atoms with van der Waals surface area (Å²) in [6.07, 6.45) is 8.79. The first-order valence-electron chi connectivity index (χ1n) is 7.73. The summed E-state index contributed by atoms with van der Waals surface area (Å²) in [7, 11) is -3.06. The summed E-state index contributed by atoms with van der Waals surface area (Å²) in [6.45, 7) is 0. The normalized spacial score (nSPS) is 33.0. The van der Waals surface area contributed by atoms with E-state index in [-0.39, 0.29) is 23.4 Å². The minimum Gasteiger partial charge on any atom is -0.489 e. The van der Waals surface area contributed by atoms with Crippen LogP contribution in [0.3, 0.4) is 0 Å². The van der Waals surface area contributed by atoms with Crippen LogP contribution in [-0.2, 0) is 10.0 Å². The Labute approximate surface area is 125 Å². The number of pyridine rings is 1. The lowest BCUT2D eigenvalue weighted by Gasteiger charge is -2.37. The van der Waals surface area contributed by atoms with E-state index in [9.17, 15) is 8.42 Å². The van der Waals surface area contributed by atoms with E-state index >= 15 is 0 Å². The molecule has 2 atom stereocenters. The summed E-state index contributed by atoms with van der Waals surface area (Å²) in [4.78, 5) is 4.06. The van der Waals surface area contributed by atoms with E-state index in [1.165, 1.54) is 0 Å². The fourth-order valence-corrected chi connectivity index (χ4v) is 6.03. The lowest BCUT2D eigenvalue weighted by molar-refractivity contribution is 0.0952. The number of hydrogen-bond acceptors (Lipinski definition) is 4. The summed E-state index contributed by atoms with van der Waals surface area (Å²) < 4.78 is 32.9. The molecule has 2 unspecified atom stereocenters. The first kappa shape index (κ1) is 13.5. The molecule has 2 aliphatic heterocycles. The van der Waals surface area contributed by atoms with Gasteiger partial charge < -0.3 is 4.74 Å². The highest BCUT2D eigenvalue weighted by Gasteiger charge is 2.51. The van der Waals surface area contributed by atoms with E-state index < -0.39 is 10.0 Å². The predicted octanol–water partition coefficient (Wildman–Crippen LogP) is 1.95. The first-order chi connectivity index (χ1) is 10.1. The van der Waals surface area contributed by atoms with Crippen molar-refractivity contribution >= 4 is 10.0 Å². The average molecular weight is 308 g/mol. The Bertz CT molecular complexity index is 601. The Balaban J connectivity index is 1.48. The summed E-state index contributed by atoms with van der Waals surface area (Å²) in [6, 6.07) is 4.03. The Morgan fingerprint density at radius 1 is 1.14 bits per heavy atom. The quantitative estimate of drug-likeness (QED) is 0.853. The molecule has 1 aliphatic carbocycles. The van der Waals surface area contributed by atoms with Crippen LogP contribution in [-0.4, -0.2) is 41.1 Å². The van der Waals surface area contributed by atoms with Crippen molar-refractivity contribution in [3.05, 3.63) is 24.5 Å². The van der Waals surface area contributed by atoms with Crippen LogP contribution in [0.15, 0.2) is 24.5 Å². The third-order valence-electron chi connectivity index (χ3n) is 4.80. The number of fused-ring (bicyclic) bond motifs is 2. The molecule has 114 valence electrons. The molecular formula is C15H20N2O3S. The van der Waals surface area contributed by atoms with Crippen molar-refractivity contribution in [1.29, 1.82) is 0 Å². The van der Waals surface area contributed by atoms with Crippen molar-refractivity contribution in [3.63, 3.8) is 0 Å². The Morgan fingerprint density at radius 2 is 1.86 bits per heavy atom. The highest BCUT2D eigenvalue weighted by molar-refractivity contribution is 7.90. The standard InChI is InChI=1S/C15H20N2O3S/c18-21(19,15-5-6-15)17-11-3-4-12(17)9-14(8-11)20-13-2-1-7-16-10-13/h1-2,7,10-12,14-15H,3-6,8-9H2. The van der Waals surface area contributed by atoms with Gasteiger partial charge in [-0.1, -0.05) is 0 Å². The topological polar surface area (TPSA) is 59.5 Å². The lowest BCUT2D eigenvalue weighted by Crippen LogP contribution is -2.50. The minimum absolute atomic E-state index is 0.101. The molecule has 0 spiro atoms. The average Bonchev–Trinajstić information content (AvgIpc) is 3.27. The van der Waals surface area contributed by atoms with Gasteiger partial charge in [0, 0.05) is 31.1 Å². The van der Waals surface area contributed by atoms with Crippen molar-refractivity contribution in [3.8, 4) is 5.75 Å². The van der Waals surface area contributed by atoms with Crippen molar-refractivity contribution in [2.75, 3.05) is 0 Å². The molecule has 1 aromatic rings. The van der Waals surface area contributed by atoms with E-state index in [0.29, 0.717) is 0 Å². The molecule has 4 rings (SSSR count). The number of nitrogens with zero attached hydrogens (tertiary/aromatic N) is 2. The van der Waals surface area contributed by atoms with Gasteiger partial charge in [-0.3, -0.25) is 4.98 Å². The fraction of sp³-hybridized carbons (Fsp3) is 0.667. The van der Waals surface area contributed by atoms with Crippen LogP contribution < -0.4 is 4.74 Å². The zero-order valence-electron chi connectivity index (χ0n) is 11.9. The third-order valence-corrected chi connectivity index (χ3v) is 7.30. The third kappa shape index (κ3) is 2.44. The van der Waals surface area contributed by atoms with Crippen molar-refractivity contribution < 1.29 is 13.2 Å². The van der Waals surface area contributed by atoms with Crippen LogP contribution in [0.2, 0.25) is 0 Å². The highest BCUT2D eigenvalue weighted by Crippen LogP contribution is 2.43. The van der Waals surface area contributed by atoms with Gasteiger partial charge in [-0.2, -0.15) is 4.31 Å². The summed E-state index contributed by atoms with van der Waals surface area (Å²) in [5.74, 6) is 0.778. The van der Waals surface area contributed by atoms with Gasteiger partial charge in [0.25, 0.3) is 0 Å². The summed E-state index contributed by atoms with van der Waals surface area (Å²) in [5, 5.41) is -0.101. The number of sulfonamides is 1.